The topological polar surface area (TPSA) is 90.4 Å². The number of nitrogens with one attached hydrogen (secondary N) is 1. The van der Waals surface area contributed by atoms with Gasteiger partial charge in [0.2, 0.25) is 0 Å². The van der Waals surface area contributed by atoms with Crippen LogP contribution in [0.25, 0.3) is 11.3 Å². The van der Waals surface area contributed by atoms with Gasteiger partial charge < -0.3 is 24.9 Å². The fourth-order valence-corrected chi connectivity index (χ4v) is 5.51. The minimum Gasteiger partial charge on any atom is -0.545 e. The number of carboxylic acid groups (broad SMARTS) is 1. The number of rotatable bonds is 6. The smallest absolute Gasteiger partial charge is 0.545 e. The van der Waals surface area contributed by atoms with E-state index in [-0.39, 0.29) is 24.4 Å². The van der Waals surface area contributed by atoms with E-state index in [0.29, 0.717) is 6.04 Å². The van der Waals surface area contributed by atoms with Crippen LogP contribution in [0.5, 0.6) is 0 Å². The molecular formula is C24H29LiN4O3. The van der Waals surface area contributed by atoms with Gasteiger partial charge in [0.05, 0.1) is 11.7 Å². The monoisotopic (exact) mass is 428 g/mol. The number of carboxylic acids is 1. The van der Waals surface area contributed by atoms with E-state index in [4.69, 9.17) is 4.74 Å². The number of hydrogen-bond acceptors (Lipinski definition) is 7. The maximum Gasteiger partial charge on any atom is 1.00 e. The molecule has 0 radical (unpaired) electrons. The number of likely N-dealkylation sites (tertiary alicyclic amines) is 1. The SMILES string of the molecule is O=C([O-])c1ccc(-c2ccc(NC3C[C@@H]4CN(CC5CCOCC5)C[C@@H]4C3)nn2)cc1.[Li+]. The third kappa shape index (κ3) is 5.35. The van der Waals surface area contributed by atoms with Gasteiger partial charge in [-0.25, -0.2) is 0 Å². The summed E-state index contributed by atoms with van der Waals surface area (Å²) in [6, 6.07) is 10.9. The normalized spacial score (nSPS) is 25.8. The third-order valence-corrected chi connectivity index (χ3v) is 7.12. The van der Waals surface area contributed by atoms with E-state index in [2.05, 4.69) is 20.4 Å². The van der Waals surface area contributed by atoms with Crippen LogP contribution in [0.3, 0.4) is 0 Å². The average molecular weight is 428 g/mol. The Kier molecular flexibility index (Phi) is 7.52. The van der Waals surface area contributed by atoms with Crippen molar-refractivity contribution in [3.8, 4) is 11.3 Å². The molecular weight excluding hydrogens is 399 g/mol. The molecule has 0 bridgehead atoms. The van der Waals surface area contributed by atoms with Crippen molar-refractivity contribution in [3.63, 3.8) is 0 Å². The Morgan fingerprint density at radius 3 is 2.31 bits per heavy atom. The van der Waals surface area contributed by atoms with E-state index >= 15 is 0 Å². The molecule has 1 aromatic carbocycles. The maximum atomic E-state index is 10.9. The molecule has 0 spiro atoms. The van der Waals surface area contributed by atoms with Gasteiger partial charge in [-0.2, -0.15) is 0 Å². The van der Waals surface area contributed by atoms with Crippen LogP contribution in [0, 0.1) is 17.8 Å². The van der Waals surface area contributed by atoms with E-state index in [9.17, 15) is 9.90 Å². The molecule has 1 saturated carbocycles. The van der Waals surface area contributed by atoms with Gasteiger partial charge in [-0.1, -0.05) is 24.3 Å². The maximum absolute atomic E-state index is 10.9. The van der Waals surface area contributed by atoms with Gasteiger partial charge in [0.25, 0.3) is 0 Å². The number of aromatic nitrogens is 2. The summed E-state index contributed by atoms with van der Waals surface area (Å²) in [6.45, 7) is 5.56. The predicted molar refractivity (Wildman–Crippen MR) is 115 cm³/mol. The first kappa shape index (κ1) is 23.3. The van der Waals surface area contributed by atoms with Gasteiger partial charge in [-0.05, 0) is 61.1 Å². The minimum atomic E-state index is -1.18. The van der Waals surface area contributed by atoms with Crippen molar-refractivity contribution in [2.75, 3.05) is 38.2 Å². The van der Waals surface area contributed by atoms with Crippen LogP contribution < -0.4 is 29.3 Å². The summed E-state index contributed by atoms with van der Waals surface area (Å²) in [5.41, 5.74) is 1.72. The van der Waals surface area contributed by atoms with E-state index in [1.807, 2.05) is 12.1 Å². The summed E-state index contributed by atoms with van der Waals surface area (Å²) in [4.78, 5) is 13.6. The second kappa shape index (κ2) is 10.3. The fourth-order valence-electron chi connectivity index (χ4n) is 5.51. The van der Waals surface area contributed by atoms with Gasteiger partial charge in [-0.3, -0.25) is 0 Å². The molecule has 1 N–H and O–H groups in total. The van der Waals surface area contributed by atoms with Crippen LogP contribution in [0.15, 0.2) is 36.4 Å². The quantitative estimate of drug-likeness (QED) is 0.594. The number of anilines is 1. The molecule has 3 fully saturated rings. The molecule has 1 unspecified atom stereocenters. The average Bonchev–Trinajstić information content (AvgIpc) is 3.33. The Balaban J connectivity index is 0.00000245. The molecule has 2 aliphatic heterocycles. The Hall–Kier alpha value is -1.91. The number of aromatic carboxylic acids is 1. The number of fused-ring (bicyclic) bond motifs is 1. The van der Waals surface area contributed by atoms with Gasteiger partial charge >= 0.3 is 18.9 Å². The molecule has 3 aliphatic rings. The van der Waals surface area contributed by atoms with Gasteiger partial charge in [0.1, 0.15) is 5.82 Å². The van der Waals surface area contributed by atoms with E-state index in [1.165, 1.54) is 57.5 Å². The van der Waals surface area contributed by atoms with Crippen LogP contribution in [-0.2, 0) is 4.74 Å². The molecule has 0 amide bonds. The van der Waals surface area contributed by atoms with Crippen molar-refractivity contribution in [3.05, 3.63) is 42.0 Å². The standard InChI is InChI=1S/C24H30N4O3.Li/c29-24(30)18-3-1-17(2-4-18)22-5-6-23(27-26-22)25-21-11-19-14-28(15-20(19)12-21)13-16-7-9-31-10-8-16;/h1-6,16,19-21H,7-15H2,(H,25,27)(H,29,30);/q;+1/p-1/t19-,20+,21?;. The molecule has 2 saturated heterocycles. The zero-order chi connectivity index (χ0) is 21.2. The van der Waals surface area contributed by atoms with Crippen LogP contribution in [-0.4, -0.2) is 60.0 Å². The summed E-state index contributed by atoms with van der Waals surface area (Å²) >= 11 is 0. The Morgan fingerprint density at radius 2 is 1.72 bits per heavy atom. The van der Waals surface area contributed by atoms with Gasteiger partial charge in [0, 0.05) is 44.5 Å². The van der Waals surface area contributed by atoms with Crippen molar-refractivity contribution < 1.29 is 33.5 Å². The van der Waals surface area contributed by atoms with E-state index < -0.39 is 5.97 Å². The molecule has 1 aliphatic carbocycles. The summed E-state index contributed by atoms with van der Waals surface area (Å²) < 4.78 is 5.49. The van der Waals surface area contributed by atoms with Crippen LogP contribution in [0.1, 0.15) is 36.0 Å². The van der Waals surface area contributed by atoms with Crippen molar-refractivity contribution >= 4 is 11.8 Å². The molecule has 32 heavy (non-hydrogen) atoms. The second-order valence-electron chi connectivity index (χ2n) is 9.28. The molecule has 5 rings (SSSR count). The van der Waals surface area contributed by atoms with Crippen LogP contribution >= 0.6 is 0 Å². The van der Waals surface area contributed by atoms with Crippen molar-refractivity contribution in [1.82, 2.24) is 15.1 Å². The first-order valence-electron chi connectivity index (χ1n) is 11.4. The molecule has 1 aromatic heterocycles. The zero-order valence-corrected chi connectivity index (χ0v) is 18.7. The molecule has 7 nitrogen and oxygen atoms in total. The molecule has 3 heterocycles. The number of carbonyl (C=O) groups is 1. The number of ether oxygens (including phenoxy) is 1. The van der Waals surface area contributed by atoms with E-state index in [0.717, 1.165) is 48.0 Å². The molecule has 2 aromatic rings. The number of carbonyl (C=O) groups excluding carboxylic acids is 1. The minimum absolute atomic E-state index is 0. The number of benzene rings is 1. The van der Waals surface area contributed by atoms with Crippen molar-refractivity contribution in [2.45, 2.75) is 31.7 Å². The Labute approximate surface area is 201 Å². The molecule has 8 heteroatoms. The largest absolute Gasteiger partial charge is 1.00 e. The second-order valence-corrected chi connectivity index (χ2v) is 9.28. The van der Waals surface area contributed by atoms with Crippen LogP contribution in [0.2, 0.25) is 0 Å². The predicted octanol–water partition coefficient (Wildman–Crippen LogP) is -0.940. The summed E-state index contributed by atoms with van der Waals surface area (Å²) in [5.74, 6) is 2.01. The van der Waals surface area contributed by atoms with Crippen LogP contribution in [0.4, 0.5) is 5.82 Å². The fraction of sp³-hybridized carbons (Fsp3) is 0.542. The third-order valence-electron chi connectivity index (χ3n) is 7.12. The van der Waals surface area contributed by atoms with Crippen molar-refractivity contribution in [1.29, 1.82) is 0 Å². The molecule has 164 valence electrons. The van der Waals surface area contributed by atoms with Crippen molar-refractivity contribution in [2.24, 2.45) is 17.8 Å². The number of hydrogen-bond donors (Lipinski definition) is 1. The van der Waals surface area contributed by atoms with Gasteiger partial charge in [0.15, 0.2) is 0 Å². The zero-order valence-electron chi connectivity index (χ0n) is 18.7. The summed E-state index contributed by atoms with van der Waals surface area (Å²) in [7, 11) is 0. The molecule has 3 atom stereocenters. The number of nitrogens with zero attached hydrogens (tertiary/aromatic N) is 3. The Morgan fingerprint density at radius 1 is 1.03 bits per heavy atom. The first-order chi connectivity index (χ1) is 15.1. The summed E-state index contributed by atoms with van der Waals surface area (Å²) in [5, 5.41) is 23.1. The van der Waals surface area contributed by atoms with Gasteiger partial charge in [-0.15, -0.1) is 10.2 Å². The summed E-state index contributed by atoms with van der Waals surface area (Å²) in [6.07, 6.45) is 4.82. The first-order valence-corrected chi connectivity index (χ1v) is 11.4. The Bertz CT molecular complexity index is 888. The van der Waals surface area contributed by atoms with E-state index in [1.54, 1.807) is 12.1 Å².